The topological polar surface area (TPSA) is 37.4 Å². The van der Waals surface area contributed by atoms with Gasteiger partial charge in [0.1, 0.15) is 0 Å². The van der Waals surface area contributed by atoms with Crippen LogP contribution in [0, 0.1) is 11.8 Å². The molecule has 0 spiro atoms. The monoisotopic (exact) mass is 317 g/mol. The summed E-state index contributed by atoms with van der Waals surface area (Å²) in [5.74, 6) is 1.52. The summed E-state index contributed by atoms with van der Waals surface area (Å²) in [6.07, 6.45) is 8.91. The van der Waals surface area contributed by atoms with Crippen molar-refractivity contribution in [1.29, 1.82) is 0 Å². The maximum Gasteiger partial charge on any atom is 0.0468 e. The summed E-state index contributed by atoms with van der Waals surface area (Å²) in [7, 11) is 2.24. The van der Waals surface area contributed by atoms with E-state index < -0.39 is 0 Å². The molecule has 0 amide bonds. The van der Waals surface area contributed by atoms with Gasteiger partial charge in [0.2, 0.25) is 0 Å². The van der Waals surface area contributed by atoms with E-state index in [0.717, 1.165) is 25.7 Å². The molecule has 2 saturated heterocycles. The van der Waals surface area contributed by atoms with Gasteiger partial charge in [-0.3, -0.25) is 9.88 Å². The highest BCUT2D eigenvalue weighted by Gasteiger charge is 2.33. The number of pyridine rings is 1. The number of nitrogens with one attached hydrogen (secondary N) is 1. The first kappa shape index (κ1) is 16.9. The van der Waals surface area contributed by atoms with E-state index in [1.165, 1.54) is 37.8 Å². The Morgan fingerprint density at radius 1 is 1.35 bits per heavy atom. The Balaban J connectivity index is 1.50. The lowest BCUT2D eigenvalue weighted by atomic mass is 9.91. The second-order valence-corrected chi connectivity index (χ2v) is 7.36. The first-order valence-corrected chi connectivity index (χ1v) is 9.15. The number of ether oxygens (including phenoxy) is 1. The highest BCUT2D eigenvalue weighted by molar-refractivity contribution is 5.17. The van der Waals surface area contributed by atoms with Gasteiger partial charge in [-0.1, -0.05) is 6.07 Å². The van der Waals surface area contributed by atoms with E-state index in [1.807, 2.05) is 12.4 Å². The van der Waals surface area contributed by atoms with Crippen LogP contribution in [0.4, 0.5) is 0 Å². The molecule has 2 aliphatic rings. The van der Waals surface area contributed by atoms with E-state index in [0.29, 0.717) is 18.0 Å². The lowest BCUT2D eigenvalue weighted by Gasteiger charge is -2.28. The van der Waals surface area contributed by atoms with Gasteiger partial charge >= 0.3 is 0 Å². The first-order valence-electron chi connectivity index (χ1n) is 9.15. The van der Waals surface area contributed by atoms with Crippen LogP contribution in [0.25, 0.3) is 0 Å². The summed E-state index contributed by atoms with van der Waals surface area (Å²) in [6, 6.07) is 5.38. The average molecular weight is 317 g/mol. The average Bonchev–Trinajstić information content (AvgIpc) is 2.95. The molecule has 0 saturated carbocycles. The summed E-state index contributed by atoms with van der Waals surface area (Å²) in [5.41, 5.74) is 1.36. The van der Waals surface area contributed by atoms with Crippen molar-refractivity contribution >= 4 is 0 Å². The molecule has 0 aliphatic carbocycles. The summed E-state index contributed by atoms with van der Waals surface area (Å²) >= 11 is 0. The normalized spacial score (nSPS) is 28.1. The molecule has 1 aromatic rings. The fourth-order valence-corrected chi connectivity index (χ4v) is 4.24. The van der Waals surface area contributed by atoms with Crippen LogP contribution in [0.5, 0.6) is 0 Å². The number of likely N-dealkylation sites (tertiary alicyclic amines) is 1. The van der Waals surface area contributed by atoms with Crippen molar-refractivity contribution < 1.29 is 4.74 Å². The molecule has 0 aromatic carbocycles. The predicted molar refractivity (Wildman–Crippen MR) is 93.3 cm³/mol. The Morgan fingerprint density at radius 2 is 2.17 bits per heavy atom. The third kappa shape index (κ3) is 4.52. The zero-order chi connectivity index (χ0) is 16.1. The highest BCUT2D eigenvalue weighted by atomic mass is 16.5. The molecule has 128 valence electrons. The smallest absolute Gasteiger partial charge is 0.0468 e. The van der Waals surface area contributed by atoms with Gasteiger partial charge in [-0.15, -0.1) is 0 Å². The van der Waals surface area contributed by atoms with E-state index in [1.54, 1.807) is 0 Å². The highest BCUT2D eigenvalue weighted by Crippen LogP contribution is 2.35. The van der Waals surface area contributed by atoms with Gasteiger partial charge in [0, 0.05) is 44.2 Å². The molecule has 1 N–H and O–H groups in total. The minimum absolute atomic E-state index is 0.506. The molecule has 0 bridgehead atoms. The standard InChI is InChI=1S/C19H31N3O/c1-15(12-16-6-10-23-11-7-16)21-14-18-5-9-22(2)19(18)17-4-3-8-20-13-17/h3-4,8,13,15-16,18-19,21H,5-7,9-12,14H2,1-2H3/t15-,18-,19-/m0/s1. The lowest BCUT2D eigenvalue weighted by molar-refractivity contribution is 0.0610. The van der Waals surface area contributed by atoms with Gasteiger partial charge in [-0.2, -0.15) is 0 Å². The van der Waals surface area contributed by atoms with Crippen molar-refractivity contribution in [2.75, 3.05) is 33.4 Å². The summed E-state index contributed by atoms with van der Waals surface area (Å²) in [5, 5.41) is 3.80. The van der Waals surface area contributed by atoms with Gasteiger partial charge in [0.25, 0.3) is 0 Å². The van der Waals surface area contributed by atoms with Crippen LogP contribution in [0.15, 0.2) is 24.5 Å². The van der Waals surface area contributed by atoms with Crippen LogP contribution in [-0.4, -0.2) is 49.3 Å². The Bertz CT molecular complexity index is 461. The lowest BCUT2D eigenvalue weighted by Crippen LogP contribution is -2.35. The van der Waals surface area contributed by atoms with Gasteiger partial charge in [-0.05, 0) is 69.7 Å². The molecule has 3 atom stereocenters. The van der Waals surface area contributed by atoms with Crippen molar-refractivity contribution in [3.05, 3.63) is 30.1 Å². The summed E-state index contributed by atoms with van der Waals surface area (Å²) < 4.78 is 5.47. The van der Waals surface area contributed by atoms with Crippen LogP contribution >= 0.6 is 0 Å². The van der Waals surface area contributed by atoms with Crippen molar-refractivity contribution in [1.82, 2.24) is 15.2 Å². The third-order valence-electron chi connectivity index (χ3n) is 5.56. The molecular formula is C19H31N3O. The SMILES string of the molecule is C[C@@H](CC1CCOCC1)NC[C@@H]1CCN(C)[C@H]1c1cccnc1. The zero-order valence-corrected chi connectivity index (χ0v) is 14.6. The molecule has 0 radical (unpaired) electrons. The van der Waals surface area contributed by atoms with Crippen molar-refractivity contribution in [2.45, 2.75) is 44.7 Å². The van der Waals surface area contributed by atoms with Crippen LogP contribution in [0.1, 0.15) is 44.2 Å². The van der Waals surface area contributed by atoms with Crippen molar-refractivity contribution in [3.63, 3.8) is 0 Å². The molecule has 4 nitrogen and oxygen atoms in total. The summed E-state index contributed by atoms with van der Waals surface area (Å²) in [6.45, 7) is 6.53. The maximum atomic E-state index is 5.47. The van der Waals surface area contributed by atoms with E-state index >= 15 is 0 Å². The van der Waals surface area contributed by atoms with Gasteiger partial charge in [-0.25, -0.2) is 0 Å². The summed E-state index contributed by atoms with van der Waals surface area (Å²) in [4.78, 5) is 6.79. The van der Waals surface area contributed by atoms with E-state index in [-0.39, 0.29) is 0 Å². The van der Waals surface area contributed by atoms with E-state index in [9.17, 15) is 0 Å². The molecule has 0 unspecified atom stereocenters. The number of nitrogens with zero attached hydrogens (tertiary/aromatic N) is 2. The molecule has 2 aliphatic heterocycles. The zero-order valence-electron chi connectivity index (χ0n) is 14.6. The molecule has 23 heavy (non-hydrogen) atoms. The Morgan fingerprint density at radius 3 is 2.91 bits per heavy atom. The van der Waals surface area contributed by atoms with Crippen LogP contribution in [0.3, 0.4) is 0 Å². The van der Waals surface area contributed by atoms with Gasteiger partial charge in [0.15, 0.2) is 0 Å². The van der Waals surface area contributed by atoms with Crippen LogP contribution in [-0.2, 0) is 4.74 Å². The third-order valence-corrected chi connectivity index (χ3v) is 5.56. The molecule has 3 heterocycles. The van der Waals surface area contributed by atoms with Crippen LogP contribution in [0.2, 0.25) is 0 Å². The quantitative estimate of drug-likeness (QED) is 0.875. The molecule has 4 heteroatoms. The first-order chi connectivity index (χ1) is 11.2. The van der Waals surface area contributed by atoms with Crippen molar-refractivity contribution in [2.24, 2.45) is 11.8 Å². The molecular weight excluding hydrogens is 286 g/mol. The Hall–Kier alpha value is -0.970. The van der Waals surface area contributed by atoms with E-state index in [4.69, 9.17) is 4.74 Å². The number of hydrogen-bond acceptors (Lipinski definition) is 4. The van der Waals surface area contributed by atoms with Crippen LogP contribution < -0.4 is 5.32 Å². The second-order valence-electron chi connectivity index (χ2n) is 7.36. The molecule has 1 aromatic heterocycles. The minimum atomic E-state index is 0.506. The minimum Gasteiger partial charge on any atom is -0.381 e. The fraction of sp³-hybridized carbons (Fsp3) is 0.737. The van der Waals surface area contributed by atoms with Gasteiger partial charge < -0.3 is 10.1 Å². The molecule has 3 rings (SSSR count). The predicted octanol–water partition coefficient (Wildman–Crippen LogP) is 2.87. The number of rotatable bonds is 6. The Labute approximate surface area is 140 Å². The molecule has 2 fully saturated rings. The maximum absolute atomic E-state index is 5.47. The largest absolute Gasteiger partial charge is 0.381 e. The fourth-order valence-electron chi connectivity index (χ4n) is 4.24. The van der Waals surface area contributed by atoms with E-state index in [2.05, 4.69) is 41.3 Å². The number of aromatic nitrogens is 1. The second kappa shape index (κ2) is 8.22. The number of hydrogen-bond donors (Lipinski definition) is 1. The van der Waals surface area contributed by atoms with Gasteiger partial charge in [0.05, 0.1) is 0 Å². The van der Waals surface area contributed by atoms with Crippen molar-refractivity contribution in [3.8, 4) is 0 Å². The Kier molecular flexibility index (Phi) is 6.03.